The second kappa shape index (κ2) is 8.52. The predicted octanol–water partition coefficient (Wildman–Crippen LogP) is 4.98. The van der Waals surface area contributed by atoms with Crippen LogP contribution in [0.4, 0.5) is 0 Å². The average molecular weight is 390 g/mol. The van der Waals surface area contributed by atoms with E-state index >= 15 is 0 Å². The van der Waals surface area contributed by atoms with E-state index in [9.17, 15) is 4.79 Å². The first-order chi connectivity index (χ1) is 14.2. The first kappa shape index (κ1) is 19.2. The quantitative estimate of drug-likeness (QED) is 0.667. The summed E-state index contributed by atoms with van der Waals surface area (Å²) in [5, 5.41) is 4.10. The molecule has 1 amide bonds. The Morgan fingerprint density at radius 2 is 1.72 bits per heavy atom. The van der Waals surface area contributed by atoms with Crippen molar-refractivity contribution in [2.45, 2.75) is 38.1 Å². The second-order valence-corrected chi connectivity index (χ2v) is 7.45. The molecule has 0 aliphatic heterocycles. The van der Waals surface area contributed by atoms with Crippen LogP contribution in [0.3, 0.4) is 0 Å². The fraction of sp³-hybridized carbons (Fsp3) is 0.333. The molecule has 0 radical (unpaired) electrons. The molecule has 5 nitrogen and oxygen atoms in total. The number of para-hydroxylation sites is 1. The topological polar surface area (TPSA) is 60.5 Å². The van der Waals surface area contributed by atoms with Crippen LogP contribution in [0, 0.1) is 0 Å². The molecule has 0 bridgehead atoms. The number of hydrogen-bond acceptors (Lipinski definition) is 4. The summed E-state index contributed by atoms with van der Waals surface area (Å²) in [4.78, 5) is 17.9. The van der Waals surface area contributed by atoms with Gasteiger partial charge in [-0.05, 0) is 43.2 Å². The number of benzene rings is 2. The molecule has 1 fully saturated rings. The molecule has 4 rings (SSSR count). The molecule has 3 aromatic rings. The van der Waals surface area contributed by atoms with Crippen LogP contribution in [-0.2, 0) is 0 Å². The van der Waals surface area contributed by atoms with Crippen LogP contribution < -0.4 is 14.8 Å². The normalized spacial score (nSPS) is 14.6. The number of hydrogen-bond donors (Lipinski definition) is 1. The van der Waals surface area contributed by atoms with Gasteiger partial charge in [-0.15, -0.1) is 0 Å². The first-order valence-electron chi connectivity index (χ1n) is 10.1. The van der Waals surface area contributed by atoms with Gasteiger partial charge in [-0.2, -0.15) is 0 Å². The lowest BCUT2D eigenvalue weighted by molar-refractivity contribution is 0.0929. The summed E-state index contributed by atoms with van der Waals surface area (Å²) in [5.74, 6) is 1.26. The van der Waals surface area contributed by atoms with Crippen molar-refractivity contribution < 1.29 is 14.3 Å². The zero-order valence-corrected chi connectivity index (χ0v) is 16.9. The molecule has 0 saturated heterocycles. The van der Waals surface area contributed by atoms with E-state index in [4.69, 9.17) is 14.5 Å². The van der Waals surface area contributed by atoms with Gasteiger partial charge >= 0.3 is 0 Å². The molecule has 1 saturated carbocycles. The molecule has 1 N–H and O–H groups in total. The monoisotopic (exact) mass is 390 g/mol. The zero-order valence-electron chi connectivity index (χ0n) is 16.9. The lowest BCUT2D eigenvalue weighted by Gasteiger charge is -2.23. The van der Waals surface area contributed by atoms with Crippen molar-refractivity contribution in [3.8, 4) is 22.8 Å². The SMILES string of the molecule is COc1ccc(-c2cc(C(=O)NC3CCCCC3)c3ccccc3n2)cc1OC. The molecular weight excluding hydrogens is 364 g/mol. The third kappa shape index (κ3) is 4.04. The van der Waals surface area contributed by atoms with Crippen molar-refractivity contribution in [1.29, 1.82) is 0 Å². The number of methoxy groups -OCH3 is 2. The number of fused-ring (bicyclic) bond motifs is 1. The van der Waals surface area contributed by atoms with Crippen molar-refractivity contribution in [3.63, 3.8) is 0 Å². The van der Waals surface area contributed by atoms with Crippen molar-refractivity contribution in [2.24, 2.45) is 0 Å². The Bertz CT molecular complexity index is 1030. The number of pyridine rings is 1. The fourth-order valence-electron chi connectivity index (χ4n) is 4.02. The molecule has 0 unspecified atom stereocenters. The lowest BCUT2D eigenvalue weighted by atomic mass is 9.95. The zero-order chi connectivity index (χ0) is 20.2. The third-order valence-corrected chi connectivity index (χ3v) is 5.58. The lowest BCUT2D eigenvalue weighted by Crippen LogP contribution is -2.36. The Kier molecular flexibility index (Phi) is 5.65. The predicted molar refractivity (Wildman–Crippen MR) is 115 cm³/mol. The Labute approximate surface area is 171 Å². The highest BCUT2D eigenvalue weighted by Gasteiger charge is 2.19. The van der Waals surface area contributed by atoms with Crippen LogP contribution in [0.1, 0.15) is 42.5 Å². The minimum absolute atomic E-state index is 0.0303. The first-order valence-corrected chi connectivity index (χ1v) is 10.1. The highest BCUT2D eigenvalue weighted by atomic mass is 16.5. The Balaban J connectivity index is 1.75. The largest absolute Gasteiger partial charge is 0.493 e. The van der Waals surface area contributed by atoms with E-state index in [-0.39, 0.29) is 11.9 Å². The molecule has 29 heavy (non-hydrogen) atoms. The Hall–Kier alpha value is -3.08. The van der Waals surface area contributed by atoms with Crippen LogP contribution in [0.2, 0.25) is 0 Å². The van der Waals surface area contributed by atoms with Gasteiger partial charge in [0.2, 0.25) is 0 Å². The smallest absolute Gasteiger partial charge is 0.252 e. The van der Waals surface area contributed by atoms with Gasteiger partial charge in [0, 0.05) is 17.0 Å². The summed E-state index contributed by atoms with van der Waals surface area (Å²) < 4.78 is 10.8. The summed E-state index contributed by atoms with van der Waals surface area (Å²) in [7, 11) is 3.22. The highest BCUT2D eigenvalue weighted by molar-refractivity contribution is 6.07. The molecule has 1 heterocycles. The summed E-state index contributed by atoms with van der Waals surface area (Å²) in [6.07, 6.45) is 5.72. The van der Waals surface area contributed by atoms with Crippen LogP contribution in [-0.4, -0.2) is 31.2 Å². The maximum Gasteiger partial charge on any atom is 0.252 e. The highest BCUT2D eigenvalue weighted by Crippen LogP contribution is 2.33. The molecule has 1 aliphatic carbocycles. The van der Waals surface area contributed by atoms with E-state index in [0.717, 1.165) is 35.0 Å². The van der Waals surface area contributed by atoms with Gasteiger partial charge in [-0.3, -0.25) is 4.79 Å². The number of carbonyl (C=O) groups is 1. The van der Waals surface area contributed by atoms with Crippen molar-refractivity contribution in [3.05, 3.63) is 54.1 Å². The van der Waals surface area contributed by atoms with Gasteiger partial charge in [0.25, 0.3) is 5.91 Å². The molecule has 1 aromatic heterocycles. The average Bonchev–Trinajstić information content (AvgIpc) is 2.78. The number of aromatic nitrogens is 1. The molecule has 0 spiro atoms. The van der Waals surface area contributed by atoms with E-state index in [1.807, 2.05) is 48.5 Å². The maximum atomic E-state index is 13.2. The molecule has 1 aliphatic rings. The van der Waals surface area contributed by atoms with E-state index in [1.165, 1.54) is 19.3 Å². The molecular formula is C24H26N2O3. The summed E-state index contributed by atoms with van der Waals surface area (Å²) in [6.45, 7) is 0. The standard InChI is InChI=1S/C24H26N2O3/c1-28-22-13-12-16(14-23(22)29-2)21-15-19(18-10-6-7-11-20(18)26-21)24(27)25-17-8-4-3-5-9-17/h6-7,10-15,17H,3-5,8-9H2,1-2H3,(H,25,27). The number of rotatable bonds is 5. The fourth-order valence-corrected chi connectivity index (χ4v) is 4.02. The van der Waals surface area contributed by atoms with E-state index < -0.39 is 0 Å². The Morgan fingerprint density at radius 1 is 0.966 bits per heavy atom. The number of nitrogens with one attached hydrogen (secondary N) is 1. The number of nitrogens with zero attached hydrogens (tertiary/aromatic N) is 1. The second-order valence-electron chi connectivity index (χ2n) is 7.45. The van der Waals surface area contributed by atoms with E-state index in [0.29, 0.717) is 17.1 Å². The van der Waals surface area contributed by atoms with Gasteiger partial charge in [0.1, 0.15) is 0 Å². The van der Waals surface area contributed by atoms with Crippen LogP contribution in [0.25, 0.3) is 22.2 Å². The minimum atomic E-state index is -0.0303. The van der Waals surface area contributed by atoms with Gasteiger partial charge in [-0.25, -0.2) is 4.98 Å². The van der Waals surface area contributed by atoms with E-state index in [1.54, 1.807) is 14.2 Å². The maximum absolute atomic E-state index is 13.2. The molecule has 5 heteroatoms. The van der Waals surface area contributed by atoms with Crippen molar-refractivity contribution in [2.75, 3.05) is 14.2 Å². The van der Waals surface area contributed by atoms with Gasteiger partial charge in [0.15, 0.2) is 11.5 Å². The molecule has 0 atom stereocenters. The summed E-state index contributed by atoms with van der Waals surface area (Å²) in [5.41, 5.74) is 3.07. The summed E-state index contributed by atoms with van der Waals surface area (Å²) in [6, 6.07) is 15.6. The van der Waals surface area contributed by atoms with Gasteiger partial charge in [0.05, 0.1) is 31.0 Å². The Morgan fingerprint density at radius 3 is 2.48 bits per heavy atom. The molecule has 150 valence electrons. The number of amides is 1. The van der Waals surface area contributed by atoms with Crippen LogP contribution in [0.15, 0.2) is 48.5 Å². The van der Waals surface area contributed by atoms with Gasteiger partial charge in [-0.1, -0.05) is 37.5 Å². The van der Waals surface area contributed by atoms with Gasteiger partial charge < -0.3 is 14.8 Å². The third-order valence-electron chi connectivity index (χ3n) is 5.58. The minimum Gasteiger partial charge on any atom is -0.493 e. The van der Waals surface area contributed by atoms with Crippen LogP contribution in [0.5, 0.6) is 11.5 Å². The molecule has 2 aromatic carbocycles. The van der Waals surface area contributed by atoms with E-state index in [2.05, 4.69) is 5.32 Å². The number of carbonyl (C=O) groups excluding carboxylic acids is 1. The summed E-state index contributed by atoms with van der Waals surface area (Å²) >= 11 is 0. The van der Waals surface area contributed by atoms with Crippen molar-refractivity contribution in [1.82, 2.24) is 10.3 Å². The van der Waals surface area contributed by atoms with Crippen LogP contribution >= 0.6 is 0 Å². The number of ether oxygens (including phenoxy) is 2. The van der Waals surface area contributed by atoms with Crippen molar-refractivity contribution >= 4 is 16.8 Å².